The lowest BCUT2D eigenvalue weighted by Crippen LogP contribution is -2.42. The molecule has 1 heterocycles. The zero-order valence-corrected chi connectivity index (χ0v) is 15.3. The predicted molar refractivity (Wildman–Crippen MR) is 92.8 cm³/mol. The average Bonchev–Trinajstić information content (AvgIpc) is 2.62. The second kappa shape index (κ2) is 7.97. The zero-order chi connectivity index (χ0) is 18.6. The fourth-order valence-corrected chi connectivity index (χ4v) is 4.49. The number of carboxylic acid groups (broad SMARTS) is 1. The number of likely N-dealkylation sites (tertiary alicyclic amines) is 1. The normalized spacial score (nSPS) is 18.4. The van der Waals surface area contributed by atoms with E-state index in [-0.39, 0.29) is 17.3 Å². The van der Waals surface area contributed by atoms with Crippen LogP contribution >= 0.6 is 0 Å². The molecule has 1 fully saturated rings. The maximum absolute atomic E-state index is 12.5. The van der Waals surface area contributed by atoms with Gasteiger partial charge in [0.15, 0.2) is 0 Å². The summed E-state index contributed by atoms with van der Waals surface area (Å²) in [5, 5.41) is 9.12. The smallest absolute Gasteiger partial charge is 0.308 e. The predicted octanol–water partition coefficient (Wildman–Crippen LogP) is 1.65. The summed E-state index contributed by atoms with van der Waals surface area (Å²) in [6, 6.07) is 5.84. The number of sulfonamides is 1. The topological polar surface area (TPSA) is 95.0 Å². The summed E-state index contributed by atoms with van der Waals surface area (Å²) in [6.45, 7) is 5.01. The van der Waals surface area contributed by atoms with Gasteiger partial charge in [-0.3, -0.25) is 9.59 Å². The monoisotopic (exact) mass is 368 g/mol. The highest BCUT2D eigenvalue weighted by molar-refractivity contribution is 7.89. The van der Waals surface area contributed by atoms with Crippen LogP contribution in [-0.4, -0.2) is 60.8 Å². The molecule has 1 aliphatic rings. The van der Waals surface area contributed by atoms with Crippen molar-refractivity contribution in [1.29, 1.82) is 0 Å². The molecule has 1 saturated heterocycles. The maximum Gasteiger partial charge on any atom is 0.308 e. The molecule has 1 aromatic carbocycles. The van der Waals surface area contributed by atoms with Crippen molar-refractivity contribution in [3.8, 4) is 0 Å². The fraction of sp³-hybridized carbons (Fsp3) is 0.529. The Balaban J connectivity index is 2.17. The molecule has 0 aromatic heterocycles. The molecule has 8 heteroatoms. The highest BCUT2D eigenvalue weighted by atomic mass is 32.2. The SMILES string of the molecule is CCN(CC)S(=O)(=O)c1ccc(C(=O)N2CCC[C@@H](C(=O)O)C2)cc1. The Kier molecular flexibility index (Phi) is 6.18. The van der Waals surface area contributed by atoms with Gasteiger partial charge in [-0.2, -0.15) is 4.31 Å². The van der Waals surface area contributed by atoms with Crippen LogP contribution in [0.4, 0.5) is 0 Å². The van der Waals surface area contributed by atoms with Crippen molar-refractivity contribution in [3.63, 3.8) is 0 Å². The first kappa shape index (κ1) is 19.4. The molecule has 2 rings (SSSR count). The lowest BCUT2D eigenvalue weighted by molar-refractivity contribution is -0.143. The summed E-state index contributed by atoms with van der Waals surface area (Å²) in [4.78, 5) is 25.3. The Hall–Kier alpha value is -1.93. The first-order chi connectivity index (χ1) is 11.8. The van der Waals surface area contributed by atoms with E-state index in [4.69, 9.17) is 5.11 Å². The number of carbonyl (C=O) groups is 2. The number of aliphatic carboxylic acids is 1. The van der Waals surface area contributed by atoms with Crippen LogP contribution in [0.1, 0.15) is 37.0 Å². The maximum atomic E-state index is 12.5. The summed E-state index contributed by atoms with van der Waals surface area (Å²) in [6.07, 6.45) is 1.22. The molecule has 0 unspecified atom stereocenters. The van der Waals surface area contributed by atoms with Gasteiger partial charge in [-0.05, 0) is 37.1 Å². The third-order valence-electron chi connectivity index (χ3n) is 4.50. The van der Waals surface area contributed by atoms with Gasteiger partial charge >= 0.3 is 5.97 Å². The number of amides is 1. The molecule has 1 amide bonds. The third kappa shape index (κ3) is 4.19. The van der Waals surface area contributed by atoms with Gasteiger partial charge in [0.05, 0.1) is 10.8 Å². The standard InChI is InChI=1S/C17H24N2O5S/c1-3-19(4-2)25(23,24)15-9-7-13(8-10-15)16(20)18-11-5-6-14(12-18)17(21)22/h7-10,14H,3-6,11-12H2,1-2H3,(H,21,22)/t14-/m1/s1. The second-order valence-corrected chi connectivity index (χ2v) is 7.98. The minimum atomic E-state index is -3.56. The van der Waals surface area contributed by atoms with E-state index in [1.807, 2.05) is 0 Å². The molecule has 1 aromatic rings. The van der Waals surface area contributed by atoms with Crippen molar-refractivity contribution in [2.24, 2.45) is 5.92 Å². The number of hydrogen-bond donors (Lipinski definition) is 1. The number of piperidine rings is 1. The molecule has 0 saturated carbocycles. The van der Waals surface area contributed by atoms with Crippen molar-refractivity contribution >= 4 is 21.9 Å². The van der Waals surface area contributed by atoms with E-state index < -0.39 is 21.9 Å². The van der Waals surface area contributed by atoms with Crippen molar-refractivity contribution in [2.45, 2.75) is 31.6 Å². The molecule has 25 heavy (non-hydrogen) atoms. The van der Waals surface area contributed by atoms with Gasteiger partial charge in [0.25, 0.3) is 5.91 Å². The molecule has 1 atom stereocenters. The van der Waals surface area contributed by atoms with Gasteiger partial charge in [0, 0.05) is 31.7 Å². The quantitative estimate of drug-likeness (QED) is 0.824. The molecule has 138 valence electrons. The van der Waals surface area contributed by atoms with E-state index >= 15 is 0 Å². The Labute approximate surface area is 148 Å². The van der Waals surface area contributed by atoms with E-state index in [2.05, 4.69) is 0 Å². The minimum absolute atomic E-state index is 0.148. The van der Waals surface area contributed by atoms with E-state index in [0.29, 0.717) is 38.0 Å². The van der Waals surface area contributed by atoms with Gasteiger partial charge in [0.2, 0.25) is 10.0 Å². The largest absolute Gasteiger partial charge is 0.481 e. The number of rotatable bonds is 6. The van der Waals surface area contributed by atoms with Crippen LogP contribution in [0.15, 0.2) is 29.2 Å². The van der Waals surface area contributed by atoms with Gasteiger partial charge < -0.3 is 10.0 Å². The summed E-state index contributed by atoms with van der Waals surface area (Å²) in [5.74, 6) is -1.70. The Bertz CT molecular complexity index is 726. The van der Waals surface area contributed by atoms with Crippen molar-refractivity contribution in [1.82, 2.24) is 9.21 Å². The van der Waals surface area contributed by atoms with Crippen LogP contribution < -0.4 is 0 Å². The number of carbonyl (C=O) groups excluding carboxylic acids is 1. The van der Waals surface area contributed by atoms with Crippen LogP contribution in [0.5, 0.6) is 0 Å². The first-order valence-electron chi connectivity index (χ1n) is 8.43. The zero-order valence-electron chi connectivity index (χ0n) is 14.5. The second-order valence-electron chi connectivity index (χ2n) is 6.04. The lowest BCUT2D eigenvalue weighted by Gasteiger charge is -2.30. The highest BCUT2D eigenvalue weighted by Gasteiger charge is 2.29. The van der Waals surface area contributed by atoms with Crippen molar-refractivity contribution in [3.05, 3.63) is 29.8 Å². The minimum Gasteiger partial charge on any atom is -0.481 e. The van der Waals surface area contributed by atoms with Crippen molar-refractivity contribution < 1.29 is 23.1 Å². The Morgan fingerprint density at radius 1 is 1.20 bits per heavy atom. The van der Waals surface area contributed by atoms with Crippen LogP contribution in [0.3, 0.4) is 0 Å². The molecule has 0 bridgehead atoms. The Morgan fingerprint density at radius 2 is 1.80 bits per heavy atom. The van der Waals surface area contributed by atoms with Gasteiger partial charge in [0.1, 0.15) is 0 Å². The number of hydrogen-bond acceptors (Lipinski definition) is 4. The molecular formula is C17H24N2O5S. The molecule has 0 aliphatic carbocycles. The van der Waals surface area contributed by atoms with E-state index in [1.165, 1.54) is 33.5 Å². The summed E-state index contributed by atoms with van der Waals surface area (Å²) >= 11 is 0. The van der Waals surface area contributed by atoms with Crippen LogP contribution in [0.25, 0.3) is 0 Å². The van der Waals surface area contributed by atoms with Gasteiger partial charge in [-0.25, -0.2) is 8.42 Å². The van der Waals surface area contributed by atoms with E-state index in [9.17, 15) is 18.0 Å². The fourth-order valence-electron chi connectivity index (χ4n) is 3.03. The average molecular weight is 368 g/mol. The van der Waals surface area contributed by atoms with Gasteiger partial charge in [-0.15, -0.1) is 0 Å². The molecule has 1 aliphatic heterocycles. The first-order valence-corrected chi connectivity index (χ1v) is 9.87. The van der Waals surface area contributed by atoms with Gasteiger partial charge in [-0.1, -0.05) is 13.8 Å². The number of nitrogens with zero attached hydrogens (tertiary/aromatic N) is 2. The van der Waals surface area contributed by atoms with E-state index in [0.717, 1.165) is 0 Å². The molecular weight excluding hydrogens is 344 g/mol. The molecule has 1 N–H and O–H groups in total. The molecule has 0 spiro atoms. The lowest BCUT2D eigenvalue weighted by atomic mass is 9.97. The molecule has 7 nitrogen and oxygen atoms in total. The summed E-state index contributed by atoms with van der Waals surface area (Å²) < 4.78 is 26.3. The number of benzene rings is 1. The summed E-state index contributed by atoms with van der Waals surface area (Å²) in [7, 11) is -3.56. The Morgan fingerprint density at radius 3 is 2.32 bits per heavy atom. The third-order valence-corrected chi connectivity index (χ3v) is 6.57. The van der Waals surface area contributed by atoms with Crippen LogP contribution in [-0.2, 0) is 14.8 Å². The van der Waals surface area contributed by atoms with Crippen LogP contribution in [0.2, 0.25) is 0 Å². The highest BCUT2D eigenvalue weighted by Crippen LogP contribution is 2.21. The van der Waals surface area contributed by atoms with E-state index in [1.54, 1.807) is 13.8 Å². The van der Waals surface area contributed by atoms with Crippen molar-refractivity contribution in [2.75, 3.05) is 26.2 Å². The summed E-state index contributed by atoms with van der Waals surface area (Å²) in [5.41, 5.74) is 0.365. The van der Waals surface area contributed by atoms with Crippen LogP contribution in [0, 0.1) is 5.92 Å². The molecule has 0 radical (unpaired) electrons. The number of carboxylic acids is 1.